The van der Waals surface area contributed by atoms with Gasteiger partial charge in [-0.25, -0.2) is 0 Å². The minimum atomic E-state index is -0.445. The lowest BCUT2D eigenvalue weighted by molar-refractivity contribution is -0.128. The highest BCUT2D eigenvalue weighted by Crippen LogP contribution is 2.23. The van der Waals surface area contributed by atoms with Gasteiger partial charge in [0.15, 0.2) is 5.76 Å². The number of carbonyl (C=O) groups is 2. The molecule has 6 nitrogen and oxygen atoms in total. The Morgan fingerprint density at radius 3 is 2.35 bits per heavy atom. The number of nitrogens with zero attached hydrogens (tertiary/aromatic N) is 2. The summed E-state index contributed by atoms with van der Waals surface area (Å²) in [5.41, 5.74) is 2.16. The molecule has 3 aromatic rings. The van der Waals surface area contributed by atoms with Gasteiger partial charge in [0.25, 0.3) is 11.8 Å². The van der Waals surface area contributed by atoms with Crippen LogP contribution in [-0.4, -0.2) is 34.4 Å². The first-order chi connectivity index (χ1) is 14.8. The molecule has 2 heterocycles. The zero-order valence-corrected chi connectivity index (χ0v) is 18.9. The van der Waals surface area contributed by atoms with E-state index in [1.165, 1.54) is 6.26 Å². The van der Waals surface area contributed by atoms with E-state index in [0.29, 0.717) is 24.9 Å². The van der Waals surface area contributed by atoms with Crippen LogP contribution in [0, 0.1) is 11.8 Å². The van der Waals surface area contributed by atoms with Crippen LogP contribution in [0.4, 0.5) is 0 Å². The Bertz CT molecular complexity index is 1060. The van der Waals surface area contributed by atoms with Crippen LogP contribution < -0.4 is 5.32 Å². The first-order valence-electron chi connectivity index (χ1n) is 10.7. The summed E-state index contributed by atoms with van der Waals surface area (Å²) in [5.74, 6) is 0.134. The van der Waals surface area contributed by atoms with E-state index >= 15 is 0 Å². The highest BCUT2D eigenvalue weighted by molar-refractivity contribution is 6.05. The zero-order valence-electron chi connectivity index (χ0n) is 18.9. The van der Waals surface area contributed by atoms with Crippen LogP contribution in [0.2, 0.25) is 0 Å². The second kappa shape index (κ2) is 9.69. The third kappa shape index (κ3) is 5.45. The fourth-order valence-corrected chi connectivity index (χ4v) is 3.68. The van der Waals surface area contributed by atoms with Crippen LogP contribution in [-0.2, 0) is 11.8 Å². The minimum absolute atomic E-state index is 0.163. The van der Waals surface area contributed by atoms with Crippen LogP contribution in [0.3, 0.4) is 0 Å². The molecule has 0 saturated heterocycles. The number of aromatic nitrogens is 1. The van der Waals surface area contributed by atoms with Gasteiger partial charge in [-0.3, -0.25) is 9.59 Å². The van der Waals surface area contributed by atoms with Crippen molar-refractivity contribution >= 4 is 28.8 Å². The van der Waals surface area contributed by atoms with Crippen molar-refractivity contribution in [3.8, 4) is 0 Å². The molecule has 31 heavy (non-hydrogen) atoms. The van der Waals surface area contributed by atoms with Gasteiger partial charge < -0.3 is 19.2 Å². The number of nitrogens with one attached hydrogen (secondary N) is 1. The molecule has 0 bridgehead atoms. The highest BCUT2D eigenvalue weighted by Gasteiger charge is 2.23. The Morgan fingerprint density at radius 2 is 1.74 bits per heavy atom. The lowest BCUT2D eigenvalue weighted by Gasteiger charge is -2.27. The van der Waals surface area contributed by atoms with E-state index in [2.05, 4.69) is 33.0 Å². The fourth-order valence-electron chi connectivity index (χ4n) is 3.68. The number of fused-ring (bicyclic) bond motifs is 1. The van der Waals surface area contributed by atoms with Crippen molar-refractivity contribution in [2.45, 2.75) is 27.7 Å². The largest absolute Gasteiger partial charge is 0.459 e. The lowest BCUT2D eigenvalue weighted by atomic mass is 10.1. The maximum atomic E-state index is 13.6. The van der Waals surface area contributed by atoms with Gasteiger partial charge in [-0.1, -0.05) is 45.9 Å². The number of benzene rings is 1. The summed E-state index contributed by atoms with van der Waals surface area (Å²) in [6.07, 6.45) is 5.17. The van der Waals surface area contributed by atoms with Gasteiger partial charge in [-0.2, -0.15) is 0 Å². The monoisotopic (exact) mass is 421 g/mol. The maximum absolute atomic E-state index is 13.6. The van der Waals surface area contributed by atoms with Crippen molar-refractivity contribution in [1.82, 2.24) is 14.8 Å². The molecule has 3 rings (SSSR count). The number of furan rings is 1. The van der Waals surface area contributed by atoms with E-state index in [-0.39, 0.29) is 17.4 Å². The predicted octanol–water partition coefficient (Wildman–Crippen LogP) is 4.68. The third-order valence-corrected chi connectivity index (χ3v) is 4.91. The molecule has 164 valence electrons. The number of amides is 2. The van der Waals surface area contributed by atoms with Gasteiger partial charge in [0.1, 0.15) is 5.70 Å². The average molecular weight is 422 g/mol. The Labute approximate surface area is 183 Å². The van der Waals surface area contributed by atoms with E-state index in [0.717, 1.165) is 16.5 Å². The Morgan fingerprint density at radius 1 is 1.06 bits per heavy atom. The molecule has 0 aliphatic heterocycles. The number of para-hydroxylation sites is 1. The van der Waals surface area contributed by atoms with Crippen molar-refractivity contribution in [1.29, 1.82) is 0 Å². The van der Waals surface area contributed by atoms with Crippen LogP contribution in [0.1, 0.15) is 43.8 Å². The summed E-state index contributed by atoms with van der Waals surface area (Å²) < 4.78 is 7.23. The Hall–Kier alpha value is -3.28. The maximum Gasteiger partial charge on any atom is 0.291 e. The first-order valence-corrected chi connectivity index (χ1v) is 10.7. The Balaban J connectivity index is 2.03. The number of hydrogen-bond acceptors (Lipinski definition) is 3. The van der Waals surface area contributed by atoms with E-state index in [4.69, 9.17) is 4.42 Å². The summed E-state index contributed by atoms with van der Waals surface area (Å²) >= 11 is 0. The average Bonchev–Trinajstić information content (AvgIpc) is 3.35. The summed E-state index contributed by atoms with van der Waals surface area (Å²) in [5, 5.41) is 3.81. The smallest absolute Gasteiger partial charge is 0.291 e. The molecule has 2 aromatic heterocycles. The second-order valence-electron chi connectivity index (χ2n) is 8.70. The van der Waals surface area contributed by atoms with Crippen molar-refractivity contribution in [2.24, 2.45) is 18.9 Å². The molecule has 1 aromatic carbocycles. The molecular weight excluding hydrogens is 390 g/mol. The molecule has 0 saturated carbocycles. The van der Waals surface area contributed by atoms with Crippen molar-refractivity contribution in [3.63, 3.8) is 0 Å². The van der Waals surface area contributed by atoms with Crippen LogP contribution in [0.25, 0.3) is 17.0 Å². The van der Waals surface area contributed by atoms with E-state index < -0.39 is 5.91 Å². The number of rotatable bonds is 8. The minimum Gasteiger partial charge on any atom is -0.459 e. The summed E-state index contributed by atoms with van der Waals surface area (Å²) in [6, 6.07) is 11.2. The lowest BCUT2D eigenvalue weighted by Crippen LogP contribution is -2.42. The quantitative estimate of drug-likeness (QED) is 0.537. The molecule has 0 spiro atoms. The van der Waals surface area contributed by atoms with Crippen molar-refractivity contribution in [2.75, 3.05) is 13.1 Å². The van der Waals surface area contributed by atoms with Gasteiger partial charge in [0.2, 0.25) is 0 Å². The topological polar surface area (TPSA) is 67.5 Å². The molecule has 0 fully saturated rings. The van der Waals surface area contributed by atoms with Crippen LogP contribution in [0.15, 0.2) is 59.0 Å². The molecule has 2 amide bonds. The molecule has 1 N–H and O–H groups in total. The SMILES string of the molecule is CC(C)CN(CC(C)C)C(=O)C(=Cc1cn(C)c2ccccc12)NC(=O)c1ccco1. The van der Waals surface area contributed by atoms with Crippen molar-refractivity contribution in [3.05, 3.63) is 65.9 Å². The van der Waals surface area contributed by atoms with E-state index in [1.54, 1.807) is 18.2 Å². The molecule has 0 aliphatic rings. The first kappa shape index (κ1) is 22.4. The number of carbonyl (C=O) groups excluding carboxylic acids is 2. The van der Waals surface area contributed by atoms with Gasteiger partial charge in [-0.05, 0) is 36.1 Å². The zero-order chi connectivity index (χ0) is 22.5. The molecule has 0 radical (unpaired) electrons. The summed E-state index contributed by atoms with van der Waals surface area (Å²) in [4.78, 5) is 28.1. The van der Waals surface area contributed by atoms with Crippen molar-refractivity contribution < 1.29 is 14.0 Å². The van der Waals surface area contributed by atoms with E-state index in [9.17, 15) is 9.59 Å². The summed E-state index contributed by atoms with van der Waals surface area (Å²) in [6.45, 7) is 9.54. The van der Waals surface area contributed by atoms with E-state index in [1.807, 2.05) is 47.0 Å². The molecule has 0 unspecified atom stereocenters. The molecular formula is C25H31N3O3. The Kier molecular flexibility index (Phi) is 7.00. The summed E-state index contributed by atoms with van der Waals surface area (Å²) in [7, 11) is 1.96. The van der Waals surface area contributed by atoms with Crippen LogP contribution >= 0.6 is 0 Å². The molecule has 0 aliphatic carbocycles. The third-order valence-electron chi connectivity index (χ3n) is 4.91. The second-order valence-corrected chi connectivity index (χ2v) is 8.70. The van der Waals surface area contributed by atoms with Gasteiger partial charge in [0, 0.05) is 42.8 Å². The number of aryl methyl sites for hydroxylation is 1. The van der Waals surface area contributed by atoms with Gasteiger partial charge >= 0.3 is 0 Å². The number of hydrogen-bond donors (Lipinski definition) is 1. The molecule has 6 heteroatoms. The predicted molar refractivity (Wildman–Crippen MR) is 123 cm³/mol. The van der Waals surface area contributed by atoms with Gasteiger partial charge in [-0.15, -0.1) is 0 Å². The standard InChI is InChI=1S/C25H31N3O3/c1-17(2)14-28(15-18(3)4)25(30)21(26-24(29)23-11-8-12-31-23)13-19-16-27(5)22-10-7-6-9-20(19)22/h6-13,16-18H,14-15H2,1-5H3,(H,26,29). The molecule has 0 atom stereocenters. The van der Waals surface area contributed by atoms with Gasteiger partial charge in [0.05, 0.1) is 6.26 Å². The fraction of sp³-hybridized carbons (Fsp3) is 0.360. The normalized spacial score (nSPS) is 12.0. The van der Waals surface area contributed by atoms with Crippen LogP contribution in [0.5, 0.6) is 0 Å². The highest BCUT2D eigenvalue weighted by atomic mass is 16.3.